The van der Waals surface area contributed by atoms with Gasteiger partial charge in [0.1, 0.15) is 27.9 Å². The number of thiazole rings is 1. The first-order valence-corrected chi connectivity index (χ1v) is 12.8. The molecule has 1 N–H and O–H groups in total. The summed E-state index contributed by atoms with van der Waals surface area (Å²) in [6.07, 6.45) is -1.22. The topological polar surface area (TPSA) is 89.0 Å². The van der Waals surface area contributed by atoms with Gasteiger partial charge in [0, 0.05) is 18.0 Å². The Bertz CT molecular complexity index is 1090. The van der Waals surface area contributed by atoms with Gasteiger partial charge in [-0.1, -0.05) is 24.3 Å². The number of hydrogen-bond acceptors (Lipinski definition) is 7. The third-order valence-corrected chi connectivity index (χ3v) is 8.93. The maximum Gasteiger partial charge on any atom is 0.220 e. The van der Waals surface area contributed by atoms with E-state index in [1.54, 1.807) is 38.5 Å². The maximum absolute atomic E-state index is 13.7. The number of aryl methyl sites for hydroxylation is 2. The lowest BCUT2D eigenvalue weighted by Gasteiger charge is -2.28. The number of methoxy groups -OCH3 is 2. The molecule has 3 aromatic rings. The van der Waals surface area contributed by atoms with E-state index in [1.165, 1.54) is 22.6 Å². The van der Waals surface area contributed by atoms with E-state index in [0.29, 0.717) is 16.5 Å². The van der Waals surface area contributed by atoms with E-state index in [2.05, 4.69) is 4.98 Å². The largest absolute Gasteiger partial charge is 0.497 e. The third kappa shape index (κ3) is 5.92. The number of aliphatic hydroxyl groups is 1. The molecule has 1 aromatic heterocycles. The zero-order chi connectivity index (χ0) is 24.2. The fraction of sp³-hybridized carbons (Fsp3) is 0.375. The van der Waals surface area contributed by atoms with Crippen molar-refractivity contribution in [2.24, 2.45) is 0 Å². The van der Waals surface area contributed by atoms with Crippen LogP contribution in [0.15, 0.2) is 48.5 Å². The van der Waals surface area contributed by atoms with Gasteiger partial charge in [-0.3, -0.25) is 0 Å². The highest BCUT2D eigenvalue weighted by Gasteiger charge is 2.36. The van der Waals surface area contributed by atoms with Crippen molar-refractivity contribution in [2.75, 3.05) is 14.2 Å². The molecule has 0 fully saturated rings. The van der Waals surface area contributed by atoms with Crippen molar-refractivity contribution in [1.29, 1.82) is 0 Å². The second kappa shape index (κ2) is 10.6. The van der Waals surface area contributed by atoms with Crippen molar-refractivity contribution in [3.63, 3.8) is 0 Å². The van der Waals surface area contributed by atoms with Crippen molar-refractivity contribution < 1.29 is 23.0 Å². The quantitative estimate of drug-likeness (QED) is 0.458. The van der Waals surface area contributed by atoms with Gasteiger partial charge < -0.3 is 14.6 Å². The van der Waals surface area contributed by atoms with Gasteiger partial charge in [-0.25, -0.2) is 13.4 Å². The van der Waals surface area contributed by atoms with Crippen molar-refractivity contribution in [3.8, 4) is 11.5 Å². The van der Waals surface area contributed by atoms with Crippen LogP contribution in [0.4, 0.5) is 0 Å². The summed E-state index contributed by atoms with van der Waals surface area (Å²) >= 11 is 1.32. The van der Waals surface area contributed by atoms with Crippen LogP contribution in [0.25, 0.3) is 0 Å². The molecule has 0 spiro atoms. The van der Waals surface area contributed by atoms with Crippen molar-refractivity contribution in [3.05, 3.63) is 75.2 Å². The Kier molecular flexibility index (Phi) is 8.12. The molecule has 33 heavy (non-hydrogen) atoms. The number of hydrogen-bond donors (Lipinski definition) is 1. The zero-order valence-electron chi connectivity index (χ0n) is 19.5. The second-order valence-corrected chi connectivity index (χ2v) is 11.4. The monoisotopic (exact) mass is 490 g/mol. The predicted molar refractivity (Wildman–Crippen MR) is 130 cm³/mol. The lowest BCUT2D eigenvalue weighted by atomic mass is 10.2. The summed E-state index contributed by atoms with van der Waals surface area (Å²) in [6.45, 7) is 5.60. The summed E-state index contributed by atoms with van der Waals surface area (Å²) in [5.41, 5.74) is 2.43. The number of sulfonamides is 1. The van der Waals surface area contributed by atoms with Gasteiger partial charge in [0.2, 0.25) is 10.0 Å². The number of benzene rings is 2. The average molecular weight is 491 g/mol. The molecule has 2 aromatic carbocycles. The summed E-state index contributed by atoms with van der Waals surface area (Å²) < 4.78 is 39.2. The molecular formula is C24H30N2O5S2. The number of aliphatic hydroxyl groups excluding tert-OH is 1. The van der Waals surface area contributed by atoms with Gasteiger partial charge >= 0.3 is 0 Å². The summed E-state index contributed by atoms with van der Waals surface area (Å²) in [7, 11) is -0.725. The molecule has 9 heteroatoms. The van der Waals surface area contributed by atoms with E-state index in [9.17, 15) is 13.5 Å². The van der Waals surface area contributed by atoms with Gasteiger partial charge in [0.05, 0.1) is 19.9 Å². The van der Waals surface area contributed by atoms with Crippen LogP contribution < -0.4 is 9.47 Å². The smallest absolute Gasteiger partial charge is 0.220 e. The zero-order valence-corrected chi connectivity index (χ0v) is 21.1. The Morgan fingerprint density at radius 3 is 1.76 bits per heavy atom. The van der Waals surface area contributed by atoms with Crippen LogP contribution in [0.3, 0.4) is 0 Å². The molecule has 1 heterocycles. The first-order chi connectivity index (χ1) is 15.6. The minimum Gasteiger partial charge on any atom is -0.497 e. The van der Waals surface area contributed by atoms with Crippen LogP contribution in [0.2, 0.25) is 0 Å². The summed E-state index contributed by atoms with van der Waals surface area (Å²) in [5.74, 6) is 1.39. The highest BCUT2D eigenvalue weighted by atomic mass is 32.2. The van der Waals surface area contributed by atoms with E-state index in [-0.39, 0.29) is 13.1 Å². The van der Waals surface area contributed by atoms with Gasteiger partial charge in [-0.15, -0.1) is 11.3 Å². The molecule has 0 bridgehead atoms. The van der Waals surface area contributed by atoms with Crippen LogP contribution in [0.1, 0.15) is 39.7 Å². The molecule has 0 aliphatic heterocycles. The SMILES string of the molecule is COc1ccc(CN(Cc2ccc(OC)cc2)S(=O)(=O)C(C)[C@H](O)c2nc(C)c(C)s2)cc1. The highest BCUT2D eigenvalue weighted by Crippen LogP contribution is 2.30. The van der Waals surface area contributed by atoms with Crippen LogP contribution in [0, 0.1) is 13.8 Å². The minimum atomic E-state index is -3.89. The summed E-state index contributed by atoms with van der Waals surface area (Å²) in [4.78, 5) is 5.33. The Hall–Kier alpha value is -2.46. The Labute approximate surface area is 199 Å². The molecule has 1 unspecified atom stereocenters. The number of nitrogens with zero attached hydrogens (tertiary/aromatic N) is 2. The standard InChI is InChI=1S/C24H30N2O5S2/c1-16-17(2)32-24(25-16)23(27)18(3)33(28,29)26(14-19-6-10-21(30-4)11-7-19)15-20-8-12-22(31-5)13-9-20/h6-13,18,23,27H,14-15H2,1-5H3/t18?,23-/m0/s1. The molecule has 0 aliphatic carbocycles. The molecular weight excluding hydrogens is 460 g/mol. The molecule has 7 nitrogen and oxygen atoms in total. The van der Waals surface area contributed by atoms with E-state index >= 15 is 0 Å². The van der Waals surface area contributed by atoms with Crippen LogP contribution in [-0.4, -0.2) is 42.3 Å². The van der Waals surface area contributed by atoms with E-state index in [1.807, 2.05) is 38.1 Å². The lowest BCUT2D eigenvalue weighted by molar-refractivity contribution is 0.171. The maximum atomic E-state index is 13.7. The molecule has 178 valence electrons. The molecule has 2 atom stereocenters. The van der Waals surface area contributed by atoms with Gasteiger partial charge in [0.15, 0.2) is 0 Å². The summed E-state index contributed by atoms with van der Waals surface area (Å²) in [6, 6.07) is 14.5. The molecule has 0 radical (unpaired) electrons. The summed E-state index contributed by atoms with van der Waals surface area (Å²) in [5, 5.41) is 10.2. The fourth-order valence-corrected chi connectivity index (χ4v) is 6.01. The normalized spacial score (nSPS) is 13.7. The van der Waals surface area contributed by atoms with E-state index < -0.39 is 21.4 Å². The van der Waals surface area contributed by atoms with Crippen molar-refractivity contribution >= 4 is 21.4 Å². The molecule has 0 amide bonds. The van der Waals surface area contributed by atoms with E-state index in [4.69, 9.17) is 9.47 Å². The van der Waals surface area contributed by atoms with E-state index in [0.717, 1.165) is 21.7 Å². The van der Waals surface area contributed by atoms with Gasteiger partial charge in [0.25, 0.3) is 0 Å². The van der Waals surface area contributed by atoms with Gasteiger partial charge in [-0.2, -0.15) is 4.31 Å². The predicted octanol–water partition coefficient (Wildman–Crippen LogP) is 4.23. The molecule has 0 saturated carbocycles. The Balaban J connectivity index is 1.91. The number of rotatable bonds is 10. The first kappa shape index (κ1) is 25.2. The third-order valence-electron chi connectivity index (χ3n) is 5.61. The molecule has 3 rings (SSSR count). The van der Waals surface area contributed by atoms with Crippen LogP contribution >= 0.6 is 11.3 Å². The van der Waals surface area contributed by atoms with Crippen molar-refractivity contribution in [1.82, 2.24) is 9.29 Å². The Morgan fingerprint density at radius 1 is 0.939 bits per heavy atom. The molecule has 0 aliphatic rings. The second-order valence-electron chi connectivity index (χ2n) is 7.85. The van der Waals surface area contributed by atoms with Crippen molar-refractivity contribution in [2.45, 2.75) is 45.2 Å². The van der Waals surface area contributed by atoms with Gasteiger partial charge in [-0.05, 0) is 56.2 Å². The van der Waals surface area contributed by atoms with Crippen LogP contribution in [-0.2, 0) is 23.1 Å². The lowest BCUT2D eigenvalue weighted by Crippen LogP contribution is -2.39. The molecule has 0 saturated heterocycles. The van der Waals surface area contributed by atoms with Crippen LogP contribution in [0.5, 0.6) is 11.5 Å². The average Bonchev–Trinajstić information content (AvgIpc) is 3.16. The number of aromatic nitrogens is 1. The highest BCUT2D eigenvalue weighted by molar-refractivity contribution is 7.89. The first-order valence-electron chi connectivity index (χ1n) is 10.5. The fourth-order valence-electron chi connectivity index (χ4n) is 3.33. The number of ether oxygens (including phenoxy) is 2. The minimum absolute atomic E-state index is 0.158. The Morgan fingerprint density at radius 2 is 1.39 bits per heavy atom.